The molecule has 0 aliphatic heterocycles. The lowest BCUT2D eigenvalue weighted by Crippen LogP contribution is -2.34. The number of carbonyl (C=O) groups excluding carboxylic acids is 1. The minimum atomic E-state index is -0.0512. The Kier molecular flexibility index (Phi) is 6.41. The van der Waals surface area contributed by atoms with Crippen LogP contribution in [0.15, 0.2) is 48.5 Å². The second-order valence-electron chi connectivity index (χ2n) is 5.45. The van der Waals surface area contributed by atoms with E-state index in [4.69, 9.17) is 4.74 Å². The van der Waals surface area contributed by atoms with Crippen molar-refractivity contribution in [3.05, 3.63) is 63.2 Å². The molecule has 0 radical (unpaired) electrons. The molecule has 2 rings (SSSR count). The van der Waals surface area contributed by atoms with Gasteiger partial charge in [-0.15, -0.1) is 0 Å². The maximum Gasteiger partial charge on any atom is 0.252 e. The van der Waals surface area contributed by atoms with E-state index in [0.717, 1.165) is 14.9 Å². The molecule has 0 spiro atoms. The molecule has 0 aliphatic rings. The zero-order valence-corrected chi connectivity index (χ0v) is 15.7. The van der Waals surface area contributed by atoms with Crippen LogP contribution in [0.3, 0.4) is 0 Å². The second-order valence-corrected chi connectivity index (χ2v) is 6.61. The summed E-state index contributed by atoms with van der Waals surface area (Å²) < 4.78 is 6.24. The first-order chi connectivity index (χ1) is 11.0. The molecule has 0 aromatic heterocycles. The van der Waals surface area contributed by atoms with Crippen molar-refractivity contribution in [1.29, 1.82) is 0 Å². The van der Waals surface area contributed by atoms with E-state index in [1.165, 1.54) is 0 Å². The highest BCUT2D eigenvalue weighted by molar-refractivity contribution is 14.1. The number of hydrogen-bond donors (Lipinski definition) is 1. The van der Waals surface area contributed by atoms with E-state index in [-0.39, 0.29) is 11.9 Å². The van der Waals surface area contributed by atoms with Gasteiger partial charge in [0, 0.05) is 10.1 Å². The summed E-state index contributed by atoms with van der Waals surface area (Å²) in [6, 6.07) is 15.6. The van der Waals surface area contributed by atoms with Crippen molar-refractivity contribution in [3.63, 3.8) is 0 Å². The van der Waals surface area contributed by atoms with Crippen molar-refractivity contribution in [2.45, 2.75) is 6.04 Å². The molecule has 1 N–H and O–H groups in total. The number of nitrogens with zero attached hydrogens (tertiary/aromatic N) is 1. The summed E-state index contributed by atoms with van der Waals surface area (Å²) in [6.45, 7) is 0.532. The maximum atomic E-state index is 12.4. The van der Waals surface area contributed by atoms with Crippen molar-refractivity contribution in [2.24, 2.45) is 0 Å². The van der Waals surface area contributed by atoms with Gasteiger partial charge in [-0.1, -0.05) is 24.3 Å². The van der Waals surface area contributed by atoms with E-state index in [2.05, 4.69) is 32.8 Å². The van der Waals surface area contributed by atoms with Crippen molar-refractivity contribution >= 4 is 28.5 Å². The molecule has 1 amide bonds. The molecule has 122 valence electrons. The van der Waals surface area contributed by atoms with Crippen molar-refractivity contribution in [3.8, 4) is 5.75 Å². The van der Waals surface area contributed by atoms with Crippen molar-refractivity contribution in [2.75, 3.05) is 27.7 Å². The van der Waals surface area contributed by atoms with Gasteiger partial charge in [-0.3, -0.25) is 4.79 Å². The van der Waals surface area contributed by atoms with Gasteiger partial charge in [-0.2, -0.15) is 0 Å². The van der Waals surface area contributed by atoms with Crippen LogP contribution in [-0.2, 0) is 0 Å². The van der Waals surface area contributed by atoms with Crippen LogP contribution < -0.4 is 10.1 Å². The van der Waals surface area contributed by atoms with E-state index >= 15 is 0 Å². The molecule has 1 atom stereocenters. The Hall–Kier alpha value is -1.60. The molecule has 23 heavy (non-hydrogen) atoms. The van der Waals surface area contributed by atoms with E-state index in [9.17, 15) is 4.79 Å². The Morgan fingerprint density at radius 1 is 1.22 bits per heavy atom. The number of hydrogen-bond acceptors (Lipinski definition) is 3. The Labute approximate surface area is 151 Å². The highest BCUT2D eigenvalue weighted by Crippen LogP contribution is 2.22. The Bertz CT molecular complexity index is 674. The minimum Gasteiger partial charge on any atom is -0.497 e. The molecule has 4 nitrogen and oxygen atoms in total. The number of carbonyl (C=O) groups is 1. The van der Waals surface area contributed by atoms with E-state index in [1.807, 2.05) is 62.6 Å². The summed E-state index contributed by atoms with van der Waals surface area (Å²) in [4.78, 5) is 14.5. The fourth-order valence-corrected chi connectivity index (χ4v) is 3.01. The van der Waals surface area contributed by atoms with E-state index in [1.54, 1.807) is 7.11 Å². The maximum absolute atomic E-state index is 12.4. The van der Waals surface area contributed by atoms with Gasteiger partial charge in [-0.05, 0) is 66.5 Å². The molecule has 1 unspecified atom stereocenters. The number of rotatable bonds is 6. The fourth-order valence-electron chi connectivity index (χ4n) is 2.38. The Morgan fingerprint density at radius 2 is 1.96 bits per heavy atom. The molecular weight excluding hydrogens is 403 g/mol. The first-order valence-electron chi connectivity index (χ1n) is 7.36. The normalized spacial score (nSPS) is 12.0. The molecule has 0 heterocycles. The third kappa shape index (κ3) is 4.68. The monoisotopic (exact) mass is 424 g/mol. The molecule has 5 heteroatoms. The Morgan fingerprint density at radius 3 is 2.61 bits per heavy atom. The molecule has 0 saturated carbocycles. The summed E-state index contributed by atoms with van der Waals surface area (Å²) in [5.74, 6) is 0.767. The topological polar surface area (TPSA) is 41.6 Å². The number of methoxy groups -OCH3 is 1. The number of halogens is 1. The van der Waals surface area contributed by atoms with Crippen LogP contribution in [-0.4, -0.2) is 38.6 Å². The van der Waals surface area contributed by atoms with Crippen LogP contribution >= 0.6 is 22.6 Å². The van der Waals surface area contributed by atoms with Gasteiger partial charge >= 0.3 is 0 Å². The van der Waals surface area contributed by atoms with Gasteiger partial charge in [0.05, 0.1) is 18.7 Å². The van der Waals surface area contributed by atoms with Crippen LogP contribution in [0.25, 0.3) is 0 Å². The first kappa shape index (κ1) is 17.7. The molecule has 0 bridgehead atoms. The molecule has 2 aromatic rings. The van der Waals surface area contributed by atoms with Gasteiger partial charge < -0.3 is 15.0 Å². The first-order valence-corrected chi connectivity index (χ1v) is 8.44. The molecule has 0 saturated heterocycles. The predicted octanol–water partition coefficient (Wildman–Crippen LogP) is 3.33. The zero-order valence-electron chi connectivity index (χ0n) is 13.5. The summed E-state index contributed by atoms with van der Waals surface area (Å²) >= 11 is 2.18. The molecule has 0 aliphatic carbocycles. The van der Waals surface area contributed by atoms with Crippen LogP contribution in [0.1, 0.15) is 22.0 Å². The smallest absolute Gasteiger partial charge is 0.252 e. The minimum absolute atomic E-state index is 0.0512. The van der Waals surface area contributed by atoms with Gasteiger partial charge in [0.1, 0.15) is 5.75 Å². The third-order valence-corrected chi connectivity index (χ3v) is 4.62. The van der Waals surface area contributed by atoms with Crippen LogP contribution in [0.2, 0.25) is 0 Å². The van der Waals surface area contributed by atoms with Crippen molar-refractivity contribution < 1.29 is 9.53 Å². The summed E-state index contributed by atoms with van der Waals surface area (Å²) in [5.41, 5.74) is 1.81. The van der Waals surface area contributed by atoms with Crippen molar-refractivity contribution in [1.82, 2.24) is 10.2 Å². The van der Waals surface area contributed by atoms with Crippen LogP contribution in [0, 0.1) is 3.57 Å². The Balaban J connectivity index is 2.11. The molecule has 0 fully saturated rings. The lowest BCUT2D eigenvalue weighted by Gasteiger charge is -2.25. The standard InChI is InChI=1S/C18H21IN2O2/c1-21(2)17(13-7-6-8-14(11-13)23-3)12-20-18(22)15-9-4-5-10-16(15)19/h4-11,17H,12H2,1-3H3,(H,20,22). The van der Waals surface area contributed by atoms with E-state index in [0.29, 0.717) is 12.1 Å². The largest absolute Gasteiger partial charge is 0.497 e. The summed E-state index contributed by atoms with van der Waals surface area (Å²) in [5, 5.41) is 3.03. The van der Waals surface area contributed by atoms with Gasteiger partial charge in [0.15, 0.2) is 0 Å². The average molecular weight is 424 g/mol. The number of nitrogens with one attached hydrogen (secondary N) is 1. The number of likely N-dealkylation sites (N-methyl/N-ethyl adjacent to an activating group) is 1. The quantitative estimate of drug-likeness (QED) is 0.724. The lowest BCUT2D eigenvalue weighted by molar-refractivity contribution is 0.0941. The number of ether oxygens (including phenoxy) is 1. The van der Waals surface area contributed by atoms with E-state index < -0.39 is 0 Å². The predicted molar refractivity (Wildman–Crippen MR) is 101 cm³/mol. The number of benzene rings is 2. The second kappa shape index (κ2) is 8.31. The summed E-state index contributed by atoms with van der Waals surface area (Å²) in [6.07, 6.45) is 0. The summed E-state index contributed by atoms with van der Waals surface area (Å²) in [7, 11) is 5.66. The highest BCUT2D eigenvalue weighted by Gasteiger charge is 2.17. The molecule has 2 aromatic carbocycles. The zero-order chi connectivity index (χ0) is 16.8. The van der Waals surface area contributed by atoms with Gasteiger partial charge in [-0.25, -0.2) is 0 Å². The highest BCUT2D eigenvalue weighted by atomic mass is 127. The van der Waals surface area contributed by atoms with Gasteiger partial charge in [0.25, 0.3) is 5.91 Å². The van der Waals surface area contributed by atoms with Crippen LogP contribution in [0.5, 0.6) is 5.75 Å². The number of amides is 1. The van der Waals surface area contributed by atoms with Crippen LogP contribution in [0.4, 0.5) is 0 Å². The third-order valence-electron chi connectivity index (χ3n) is 3.68. The lowest BCUT2D eigenvalue weighted by atomic mass is 10.1. The SMILES string of the molecule is COc1cccc(C(CNC(=O)c2ccccc2I)N(C)C)c1. The fraction of sp³-hybridized carbons (Fsp3) is 0.278. The van der Waals surface area contributed by atoms with Gasteiger partial charge in [0.2, 0.25) is 0 Å². The molecular formula is C18H21IN2O2. The average Bonchev–Trinajstić information content (AvgIpc) is 2.55.